The summed E-state index contributed by atoms with van der Waals surface area (Å²) in [5, 5.41) is 0.291. The van der Waals surface area contributed by atoms with E-state index in [0.717, 1.165) is 4.90 Å². The van der Waals surface area contributed by atoms with Crippen molar-refractivity contribution in [3.8, 4) is 16.9 Å². The molecule has 0 unspecified atom stereocenters. The molecule has 2 bridgehead atoms. The summed E-state index contributed by atoms with van der Waals surface area (Å²) in [6.07, 6.45) is 2.99. The number of benzene rings is 1. The van der Waals surface area contributed by atoms with Gasteiger partial charge in [0, 0.05) is 67.8 Å². The molecular weight excluding hydrogens is 610 g/mol. The first kappa shape index (κ1) is 31.6. The van der Waals surface area contributed by atoms with E-state index in [4.69, 9.17) is 10.7 Å². The zero-order chi connectivity index (χ0) is 32.7. The zero-order valence-electron chi connectivity index (χ0n) is 26.0. The molecule has 4 aromatic rings. The number of amides is 1. The quantitative estimate of drug-likeness (QED) is 0.317. The number of nitrogens with zero attached hydrogens (tertiary/aromatic N) is 7. The number of hydrogen-bond donors (Lipinski definition) is 1. The van der Waals surface area contributed by atoms with Gasteiger partial charge in [0.15, 0.2) is 11.5 Å². The molecule has 0 spiro atoms. The second-order valence-electron chi connectivity index (χ2n) is 11.7. The highest BCUT2D eigenvalue weighted by Gasteiger charge is 2.32. The predicted octanol–water partition coefficient (Wildman–Crippen LogP) is 4.34. The van der Waals surface area contributed by atoms with Crippen molar-refractivity contribution in [2.75, 3.05) is 54.8 Å². The normalized spacial score (nSPS) is 16.7. The minimum Gasteiger partial charge on any atom is -0.369 e. The molecule has 2 N–H and O–H groups in total. The lowest BCUT2D eigenvalue weighted by atomic mass is 10.0. The molecule has 1 atom stereocenters. The fourth-order valence-corrected chi connectivity index (χ4v) is 7.32. The summed E-state index contributed by atoms with van der Waals surface area (Å²) in [7, 11) is 0. The van der Waals surface area contributed by atoms with Crippen LogP contribution >= 0.6 is 11.8 Å². The average Bonchev–Trinajstić information content (AvgIpc) is 3.03. The first-order valence-corrected chi connectivity index (χ1v) is 16.3. The molecule has 0 saturated carbocycles. The maximum absolute atomic E-state index is 16.4. The number of carbonyl (C=O) groups is 1. The largest absolute Gasteiger partial charge is 0.369 e. The summed E-state index contributed by atoms with van der Waals surface area (Å²) in [6, 6.07) is 7.49. The molecule has 2 aliphatic rings. The number of rotatable bonds is 5. The van der Waals surface area contributed by atoms with Crippen LogP contribution in [0.3, 0.4) is 0 Å². The molecule has 0 radical (unpaired) electrons. The van der Waals surface area contributed by atoms with Gasteiger partial charge in [-0.1, -0.05) is 26.5 Å². The topological polar surface area (TPSA) is 113 Å². The molecular formula is C33H36F2N8O2S. The molecule has 1 fully saturated rings. The van der Waals surface area contributed by atoms with Gasteiger partial charge in [0.2, 0.25) is 5.91 Å². The van der Waals surface area contributed by atoms with Gasteiger partial charge in [-0.05, 0) is 43.2 Å². The van der Waals surface area contributed by atoms with Crippen LogP contribution in [0.25, 0.3) is 28.0 Å². The molecule has 0 aliphatic carbocycles. The third-order valence-electron chi connectivity index (χ3n) is 8.46. The number of hydrogen-bond acceptors (Lipinski definition) is 9. The highest BCUT2D eigenvalue weighted by Crippen LogP contribution is 2.39. The Kier molecular flexibility index (Phi) is 8.80. The van der Waals surface area contributed by atoms with E-state index in [0.29, 0.717) is 67.5 Å². The van der Waals surface area contributed by atoms with Crippen LogP contribution < -0.4 is 21.2 Å². The van der Waals surface area contributed by atoms with E-state index in [-0.39, 0.29) is 40.6 Å². The number of aromatic nitrogens is 4. The van der Waals surface area contributed by atoms with Crippen molar-refractivity contribution in [1.29, 1.82) is 0 Å². The summed E-state index contributed by atoms with van der Waals surface area (Å²) in [5.74, 6) is -0.835. The number of pyridine rings is 2. The van der Waals surface area contributed by atoms with E-state index in [9.17, 15) is 9.59 Å². The Labute approximate surface area is 269 Å². The van der Waals surface area contributed by atoms with Crippen LogP contribution in [0.2, 0.25) is 0 Å². The number of halogens is 2. The van der Waals surface area contributed by atoms with Crippen LogP contribution in [-0.2, 0) is 4.79 Å². The fourth-order valence-electron chi connectivity index (χ4n) is 6.30. The summed E-state index contributed by atoms with van der Waals surface area (Å²) in [5.41, 5.74) is 6.93. The third kappa shape index (κ3) is 5.51. The summed E-state index contributed by atoms with van der Waals surface area (Å²) in [6.45, 7) is 11.8. The molecule has 5 heterocycles. The van der Waals surface area contributed by atoms with E-state index in [2.05, 4.69) is 16.5 Å². The molecule has 1 aromatic carbocycles. The van der Waals surface area contributed by atoms with Gasteiger partial charge < -0.3 is 20.4 Å². The van der Waals surface area contributed by atoms with Gasteiger partial charge in [-0.2, -0.15) is 4.98 Å². The minimum atomic E-state index is -0.755. The van der Waals surface area contributed by atoms with E-state index >= 15 is 8.78 Å². The lowest BCUT2D eigenvalue weighted by Crippen LogP contribution is -2.54. The summed E-state index contributed by atoms with van der Waals surface area (Å²) in [4.78, 5) is 46.9. The van der Waals surface area contributed by atoms with Crippen LogP contribution in [0.15, 0.2) is 58.9 Å². The predicted molar refractivity (Wildman–Crippen MR) is 178 cm³/mol. The zero-order valence-corrected chi connectivity index (χ0v) is 26.9. The molecule has 3 aromatic heterocycles. The monoisotopic (exact) mass is 646 g/mol. The number of piperazine rings is 1. The van der Waals surface area contributed by atoms with Crippen LogP contribution in [0.4, 0.5) is 20.3 Å². The molecule has 1 saturated heterocycles. The lowest BCUT2D eigenvalue weighted by Gasteiger charge is -2.40. The van der Waals surface area contributed by atoms with Crippen molar-refractivity contribution < 1.29 is 13.6 Å². The second-order valence-corrected chi connectivity index (χ2v) is 12.9. The molecule has 1 amide bonds. The van der Waals surface area contributed by atoms with Gasteiger partial charge in [0.1, 0.15) is 17.3 Å². The Morgan fingerprint density at radius 3 is 2.70 bits per heavy atom. The van der Waals surface area contributed by atoms with E-state index in [1.54, 1.807) is 23.2 Å². The highest BCUT2D eigenvalue weighted by molar-refractivity contribution is 7.99. The third-order valence-corrected chi connectivity index (χ3v) is 9.49. The number of nitrogens with two attached hydrogens (primary N) is 1. The first-order chi connectivity index (χ1) is 22.1. The Morgan fingerprint density at radius 2 is 1.98 bits per heavy atom. The van der Waals surface area contributed by atoms with Crippen molar-refractivity contribution in [1.82, 2.24) is 24.4 Å². The van der Waals surface area contributed by atoms with E-state index in [1.807, 2.05) is 36.6 Å². The van der Waals surface area contributed by atoms with Gasteiger partial charge in [-0.15, -0.1) is 11.8 Å². The molecule has 6 rings (SSSR count). The van der Waals surface area contributed by atoms with Gasteiger partial charge in [0.05, 0.1) is 22.3 Å². The number of carbonyl (C=O) groups excluding carboxylic acids is 1. The van der Waals surface area contributed by atoms with Gasteiger partial charge >= 0.3 is 5.69 Å². The summed E-state index contributed by atoms with van der Waals surface area (Å²) >= 11 is 1.54. The minimum absolute atomic E-state index is 0.00121. The highest BCUT2D eigenvalue weighted by atomic mass is 32.2. The standard InChI is InChI=1S/C33H36F2N8O2S/c1-5-26(44)41-13-14-42(20(4)18-41)31-21-17-23(35)29-27-22(34)7-6-8-24(27)40(12-10-36)15-16-46-25-9-11-37-28(19(2)3)30(25)43(32(21)38-29)33(45)39-31/h5-9,11,17,19-20H,1,10,12-16,18,36H2,2-4H3/t20-/m0/s1. The van der Waals surface area contributed by atoms with Crippen LogP contribution in [0.5, 0.6) is 0 Å². The molecule has 46 heavy (non-hydrogen) atoms. The van der Waals surface area contributed by atoms with Crippen molar-refractivity contribution in [2.24, 2.45) is 5.73 Å². The SMILES string of the molecule is C=CC(=O)N1CCN(c2nc(=O)n3c4nc(c(F)cc24)-c2c(F)cccc2N(CCN)CCSc2ccnc(C(C)C)c2-3)[C@@H](C)C1. The van der Waals surface area contributed by atoms with Crippen molar-refractivity contribution in [2.45, 2.75) is 37.6 Å². The van der Waals surface area contributed by atoms with Gasteiger partial charge in [0.25, 0.3) is 0 Å². The summed E-state index contributed by atoms with van der Waals surface area (Å²) < 4.78 is 33.6. The molecule has 2 aliphatic heterocycles. The van der Waals surface area contributed by atoms with Crippen LogP contribution in [0, 0.1) is 11.6 Å². The van der Waals surface area contributed by atoms with Crippen molar-refractivity contribution >= 4 is 40.2 Å². The molecule has 10 nitrogen and oxygen atoms in total. The lowest BCUT2D eigenvalue weighted by molar-refractivity contribution is -0.126. The Balaban J connectivity index is 1.69. The van der Waals surface area contributed by atoms with Crippen LogP contribution in [0.1, 0.15) is 32.4 Å². The molecule has 13 heteroatoms. The fraction of sp³-hybridized carbons (Fsp3) is 0.364. The smallest absolute Gasteiger partial charge is 0.355 e. The van der Waals surface area contributed by atoms with Crippen molar-refractivity contribution in [3.63, 3.8) is 0 Å². The maximum Gasteiger partial charge on any atom is 0.355 e. The van der Waals surface area contributed by atoms with Gasteiger partial charge in [-0.3, -0.25) is 9.78 Å². The molecule has 240 valence electrons. The van der Waals surface area contributed by atoms with Crippen LogP contribution in [-0.4, -0.2) is 81.4 Å². The number of fused-ring (bicyclic) bond motifs is 5. The Morgan fingerprint density at radius 1 is 1.17 bits per heavy atom. The number of thioether (sulfide) groups is 1. The Hall–Kier alpha value is -4.36. The Bertz CT molecular complexity index is 1900. The average molecular weight is 647 g/mol. The van der Waals surface area contributed by atoms with E-state index < -0.39 is 17.3 Å². The van der Waals surface area contributed by atoms with Gasteiger partial charge in [-0.25, -0.2) is 23.1 Å². The first-order valence-electron chi connectivity index (χ1n) is 15.3. The number of anilines is 2. The second kappa shape index (κ2) is 12.8. The van der Waals surface area contributed by atoms with E-state index in [1.165, 1.54) is 34.5 Å². The van der Waals surface area contributed by atoms with Crippen molar-refractivity contribution in [3.05, 3.63) is 77.0 Å². The maximum atomic E-state index is 16.4.